The fourth-order valence-corrected chi connectivity index (χ4v) is 8.89. The summed E-state index contributed by atoms with van der Waals surface area (Å²) in [6, 6.07) is 8.40. The predicted molar refractivity (Wildman–Crippen MR) is 190 cm³/mol. The number of thiophene rings is 1. The van der Waals surface area contributed by atoms with Crippen molar-refractivity contribution in [2.24, 2.45) is 11.8 Å². The molecule has 238 valence electrons. The predicted octanol–water partition coefficient (Wildman–Crippen LogP) is 11.1. The third kappa shape index (κ3) is 10.7. The van der Waals surface area contributed by atoms with Gasteiger partial charge in [-0.05, 0) is 94.4 Å². The molecule has 0 saturated carbocycles. The summed E-state index contributed by atoms with van der Waals surface area (Å²) < 4.78 is 19.6. The lowest BCUT2D eigenvalue weighted by Crippen LogP contribution is -2.43. The Balaban J connectivity index is 1.77. The van der Waals surface area contributed by atoms with Crippen LogP contribution >= 0.6 is 22.9 Å². The first kappa shape index (κ1) is 35.8. The minimum atomic E-state index is -1.99. The van der Waals surface area contributed by atoms with E-state index in [0.717, 1.165) is 54.7 Å². The van der Waals surface area contributed by atoms with E-state index in [0.29, 0.717) is 18.3 Å². The highest BCUT2D eigenvalue weighted by Crippen LogP contribution is 2.41. The van der Waals surface area contributed by atoms with Crippen LogP contribution in [0.1, 0.15) is 64.2 Å². The molecule has 1 heterocycles. The van der Waals surface area contributed by atoms with Crippen molar-refractivity contribution in [3.63, 3.8) is 0 Å². The zero-order chi connectivity index (χ0) is 31.8. The second-order valence-electron chi connectivity index (χ2n) is 14.2. The van der Waals surface area contributed by atoms with Gasteiger partial charge in [0.05, 0.1) is 24.0 Å². The molecule has 0 N–H and O–H groups in total. The fraction of sp³-hybridized carbons (Fsp3) is 0.571. The molecule has 1 aromatic carbocycles. The van der Waals surface area contributed by atoms with Gasteiger partial charge in [0.2, 0.25) is 8.32 Å². The van der Waals surface area contributed by atoms with E-state index in [9.17, 15) is 4.79 Å². The number of rotatable bonds is 15. The van der Waals surface area contributed by atoms with Gasteiger partial charge in [-0.2, -0.15) is 0 Å². The van der Waals surface area contributed by atoms with Crippen LogP contribution in [0.4, 0.5) is 0 Å². The molecule has 1 aliphatic rings. The third-order valence-electron chi connectivity index (χ3n) is 8.52. The maximum atomic E-state index is 11.4. The van der Waals surface area contributed by atoms with Gasteiger partial charge >= 0.3 is 5.97 Å². The van der Waals surface area contributed by atoms with Gasteiger partial charge < -0.3 is 13.6 Å². The summed E-state index contributed by atoms with van der Waals surface area (Å²) >= 11 is 8.63. The van der Waals surface area contributed by atoms with E-state index in [1.807, 2.05) is 0 Å². The lowest BCUT2D eigenvalue weighted by atomic mass is 9.90. The number of unbranched alkanes of at least 4 members (excludes halogenated alkanes) is 1. The van der Waals surface area contributed by atoms with Crippen LogP contribution in [0, 0.1) is 11.8 Å². The Labute approximate surface area is 271 Å². The molecule has 43 heavy (non-hydrogen) atoms. The molecule has 0 amide bonds. The Morgan fingerprint density at radius 1 is 1.14 bits per heavy atom. The molecule has 4 nitrogen and oxygen atoms in total. The van der Waals surface area contributed by atoms with Gasteiger partial charge in [-0.1, -0.05) is 74.9 Å². The normalized spacial score (nSPS) is 19.0. The van der Waals surface area contributed by atoms with Crippen LogP contribution < -0.4 is 0 Å². The second kappa shape index (κ2) is 15.6. The molecule has 3 atom stereocenters. The molecule has 1 aliphatic carbocycles. The van der Waals surface area contributed by atoms with E-state index < -0.39 is 16.6 Å². The summed E-state index contributed by atoms with van der Waals surface area (Å²) in [6.07, 6.45) is 17.4. The van der Waals surface area contributed by atoms with Crippen molar-refractivity contribution < 1.29 is 18.4 Å². The smallest absolute Gasteiger partial charge is 0.305 e. The number of halogens is 1. The summed E-state index contributed by atoms with van der Waals surface area (Å²) in [5.41, 5.74) is 0. The van der Waals surface area contributed by atoms with Crippen molar-refractivity contribution in [1.82, 2.24) is 0 Å². The van der Waals surface area contributed by atoms with Crippen molar-refractivity contribution in [3.8, 4) is 0 Å². The number of esters is 1. The number of methoxy groups -OCH3 is 1. The van der Waals surface area contributed by atoms with Crippen LogP contribution in [0.3, 0.4) is 0 Å². The van der Waals surface area contributed by atoms with Gasteiger partial charge in [0.15, 0.2) is 8.32 Å². The van der Waals surface area contributed by atoms with Gasteiger partial charge in [-0.25, -0.2) is 0 Å². The number of hydrogen-bond donors (Lipinski definition) is 0. The van der Waals surface area contributed by atoms with E-state index in [1.165, 1.54) is 16.7 Å². The van der Waals surface area contributed by atoms with Gasteiger partial charge in [0.25, 0.3) is 0 Å². The minimum absolute atomic E-state index is 0.0265. The average molecular weight is 661 g/mol. The quantitative estimate of drug-likeness (QED) is 0.0825. The van der Waals surface area contributed by atoms with Gasteiger partial charge in [-0.15, -0.1) is 11.3 Å². The maximum Gasteiger partial charge on any atom is 0.305 e. The van der Waals surface area contributed by atoms with E-state index in [-0.39, 0.29) is 17.1 Å². The molecule has 0 saturated heterocycles. The maximum absolute atomic E-state index is 11.4. The minimum Gasteiger partial charge on any atom is -0.547 e. The van der Waals surface area contributed by atoms with Crippen LogP contribution in [0.15, 0.2) is 60.4 Å². The first-order valence-corrected chi connectivity index (χ1v) is 23.3. The molecule has 1 unspecified atom stereocenters. The Bertz CT molecular complexity index is 1300. The highest BCUT2D eigenvalue weighted by Gasteiger charge is 2.39. The van der Waals surface area contributed by atoms with Crippen LogP contribution in [0.25, 0.3) is 10.1 Å². The number of allylic oxidation sites excluding steroid dienone is 5. The fourth-order valence-electron chi connectivity index (χ4n) is 5.10. The van der Waals surface area contributed by atoms with Crippen LogP contribution in [-0.2, 0) is 24.8 Å². The zero-order valence-corrected chi connectivity index (χ0v) is 31.4. The SMILES string of the molecule is COC(=O)CCCC=CC[C@H]1C(O[Si](C)(C)C)=CC[C@@H]1C=CC(CCc1sc2ccccc2c1Cl)O[Si](C)(C)C(C)(C)C. The van der Waals surface area contributed by atoms with Crippen molar-refractivity contribution in [2.75, 3.05) is 7.11 Å². The van der Waals surface area contributed by atoms with E-state index >= 15 is 0 Å². The molecule has 0 bridgehead atoms. The highest BCUT2D eigenvalue weighted by atomic mass is 35.5. The van der Waals surface area contributed by atoms with Crippen LogP contribution in [0.2, 0.25) is 42.8 Å². The number of carbonyl (C=O) groups excluding carboxylic acids is 1. The number of aryl methyl sites for hydroxylation is 1. The monoisotopic (exact) mass is 660 g/mol. The third-order valence-corrected chi connectivity index (χ3v) is 15.6. The molecule has 1 aromatic heterocycles. The van der Waals surface area contributed by atoms with Gasteiger partial charge in [-0.3, -0.25) is 4.79 Å². The standard InChI is InChI=1S/C35H53ClO4SSi2/c1-35(2,3)43(8,9)39-27(23-25-32-34(36)29-17-14-15-18-31(29)41-32)22-20-26-21-24-30(40-42(5,6)7)28(26)16-12-10-11-13-19-33(37)38-4/h10,12,14-15,17-18,20,22,24,26-28H,11,13,16,19,21,23,25H2,1-9H3/t26-,27?,28+/m0/s1. The molecule has 8 heteroatoms. The van der Waals surface area contributed by atoms with E-state index in [4.69, 9.17) is 25.2 Å². The lowest BCUT2D eigenvalue weighted by Gasteiger charge is -2.38. The van der Waals surface area contributed by atoms with E-state index in [1.54, 1.807) is 11.3 Å². The molecule has 0 fully saturated rings. The highest BCUT2D eigenvalue weighted by molar-refractivity contribution is 7.19. The molecule has 0 aliphatic heterocycles. The molecule has 0 spiro atoms. The number of benzene rings is 1. The largest absolute Gasteiger partial charge is 0.547 e. The summed E-state index contributed by atoms with van der Waals surface area (Å²) in [6.45, 7) is 18.3. The van der Waals surface area contributed by atoms with Crippen LogP contribution in [0.5, 0.6) is 0 Å². The second-order valence-corrected chi connectivity index (χ2v) is 24.9. The number of ether oxygens (including phenoxy) is 1. The first-order chi connectivity index (χ1) is 20.1. The van der Waals surface area contributed by atoms with Gasteiger partial charge in [0, 0.05) is 27.3 Å². The molecule has 0 radical (unpaired) electrons. The van der Waals surface area contributed by atoms with Crippen molar-refractivity contribution in [3.05, 3.63) is 70.3 Å². The van der Waals surface area contributed by atoms with Crippen molar-refractivity contribution >= 4 is 55.6 Å². The van der Waals surface area contributed by atoms with E-state index in [2.05, 4.69) is 108 Å². The van der Waals surface area contributed by atoms with Gasteiger partial charge in [0.1, 0.15) is 0 Å². The first-order valence-electron chi connectivity index (χ1n) is 15.7. The molecular weight excluding hydrogens is 608 g/mol. The Morgan fingerprint density at radius 3 is 2.51 bits per heavy atom. The zero-order valence-electron chi connectivity index (χ0n) is 27.8. The van der Waals surface area contributed by atoms with Crippen molar-refractivity contribution in [1.29, 1.82) is 0 Å². The van der Waals surface area contributed by atoms with Crippen LogP contribution in [-0.4, -0.2) is 35.8 Å². The summed E-state index contributed by atoms with van der Waals surface area (Å²) in [4.78, 5) is 12.7. The average Bonchev–Trinajstić information content (AvgIpc) is 3.45. The summed E-state index contributed by atoms with van der Waals surface area (Å²) in [7, 11) is -2.29. The number of fused-ring (bicyclic) bond motifs is 1. The Kier molecular flexibility index (Phi) is 13.0. The summed E-state index contributed by atoms with van der Waals surface area (Å²) in [5, 5.41) is 2.17. The topological polar surface area (TPSA) is 44.8 Å². The summed E-state index contributed by atoms with van der Waals surface area (Å²) in [5.74, 6) is 1.68. The Hall–Kier alpha value is -1.65. The number of carbonyl (C=O) groups is 1. The lowest BCUT2D eigenvalue weighted by molar-refractivity contribution is -0.140. The Morgan fingerprint density at radius 2 is 1.86 bits per heavy atom. The molecular formula is C35H53ClO4SSi2. The molecule has 2 aromatic rings. The number of hydrogen-bond acceptors (Lipinski definition) is 5. The molecule has 3 rings (SSSR count). The van der Waals surface area contributed by atoms with Crippen molar-refractivity contribution in [2.45, 2.75) is 110 Å².